The maximum atomic E-state index is 13.0. The van der Waals surface area contributed by atoms with E-state index in [0.717, 1.165) is 45.9 Å². The Morgan fingerprint density at radius 2 is 1.97 bits per heavy atom. The summed E-state index contributed by atoms with van der Waals surface area (Å²) in [6.07, 6.45) is 2.40. The number of hydrogen-bond donors (Lipinski definition) is 1. The van der Waals surface area contributed by atoms with Crippen molar-refractivity contribution in [3.63, 3.8) is 0 Å². The van der Waals surface area contributed by atoms with Gasteiger partial charge in [-0.3, -0.25) is 4.79 Å². The van der Waals surface area contributed by atoms with Crippen molar-refractivity contribution < 1.29 is 19.1 Å². The number of nitrogens with zero attached hydrogens (tertiary/aromatic N) is 3. The number of thiophene rings is 1. The third-order valence-corrected chi connectivity index (χ3v) is 9.46. The normalized spacial score (nSPS) is 15.5. The number of fused-ring (bicyclic) bond motifs is 1. The molecule has 1 aliphatic carbocycles. The molecule has 8 nitrogen and oxygen atoms in total. The van der Waals surface area contributed by atoms with Gasteiger partial charge in [0.15, 0.2) is 17.1 Å². The van der Waals surface area contributed by atoms with E-state index in [2.05, 4.69) is 22.4 Å². The molecule has 1 aromatic carbocycles. The molecule has 11 heteroatoms. The summed E-state index contributed by atoms with van der Waals surface area (Å²) in [5.74, 6) is 1.49. The Balaban J connectivity index is 1.45. The van der Waals surface area contributed by atoms with Crippen molar-refractivity contribution in [1.29, 1.82) is 0 Å². The summed E-state index contributed by atoms with van der Waals surface area (Å²) in [6.45, 7) is 12.7. The first-order valence-corrected chi connectivity index (χ1v) is 15.4. The van der Waals surface area contributed by atoms with Gasteiger partial charge in [-0.2, -0.15) is 0 Å². The van der Waals surface area contributed by atoms with Crippen LogP contribution in [0.5, 0.6) is 5.75 Å². The second kappa shape index (κ2) is 12.7. The summed E-state index contributed by atoms with van der Waals surface area (Å²) in [6, 6.07) is 3.82. The first-order chi connectivity index (χ1) is 18.6. The van der Waals surface area contributed by atoms with Crippen LogP contribution in [0.1, 0.15) is 78.0 Å². The molecule has 0 spiro atoms. The summed E-state index contributed by atoms with van der Waals surface area (Å²) in [5, 5.41) is 13.6. The highest BCUT2D eigenvalue weighted by Crippen LogP contribution is 2.40. The van der Waals surface area contributed by atoms with Crippen LogP contribution >= 0.6 is 34.7 Å². The number of thioether (sulfide) groups is 1. The highest BCUT2D eigenvalue weighted by atomic mass is 35.5. The molecule has 4 rings (SSSR count). The van der Waals surface area contributed by atoms with Gasteiger partial charge in [0.1, 0.15) is 10.8 Å². The number of amides is 1. The van der Waals surface area contributed by atoms with Crippen LogP contribution in [0.4, 0.5) is 5.00 Å². The van der Waals surface area contributed by atoms with Crippen molar-refractivity contribution in [2.75, 3.05) is 17.7 Å². The molecule has 0 radical (unpaired) electrons. The van der Waals surface area contributed by atoms with Crippen LogP contribution in [0.2, 0.25) is 5.02 Å². The second-order valence-electron chi connectivity index (χ2n) is 9.83. The van der Waals surface area contributed by atoms with Gasteiger partial charge >= 0.3 is 5.97 Å². The van der Waals surface area contributed by atoms with E-state index in [1.54, 1.807) is 6.92 Å². The summed E-state index contributed by atoms with van der Waals surface area (Å²) in [5.41, 5.74) is 3.44. The minimum atomic E-state index is -0.372. The fourth-order valence-electron chi connectivity index (χ4n) is 4.79. The average Bonchev–Trinajstić information content (AvgIpc) is 3.46. The van der Waals surface area contributed by atoms with E-state index in [-0.39, 0.29) is 30.3 Å². The summed E-state index contributed by atoms with van der Waals surface area (Å²) >= 11 is 9.09. The number of nitrogens with one attached hydrogen (secondary N) is 1. The van der Waals surface area contributed by atoms with Crippen molar-refractivity contribution in [2.24, 2.45) is 5.92 Å². The maximum absolute atomic E-state index is 13.0. The molecular weight excluding hydrogens is 556 g/mol. The van der Waals surface area contributed by atoms with Gasteiger partial charge in [0.05, 0.1) is 17.9 Å². The van der Waals surface area contributed by atoms with Crippen molar-refractivity contribution >= 4 is 51.6 Å². The lowest BCUT2D eigenvalue weighted by molar-refractivity contribution is -0.113. The summed E-state index contributed by atoms with van der Waals surface area (Å²) < 4.78 is 13.4. The van der Waals surface area contributed by atoms with Crippen LogP contribution in [0.15, 0.2) is 17.3 Å². The average molecular weight is 591 g/mol. The number of hydrogen-bond acceptors (Lipinski definition) is 8. The van der Waals surface area contributed by atoms with E-state index in [4.69, 9.17) is 21.1 Å². The zero-order chi connectivity index (χ0) is 28.3. The fourth-order valence-corrected chi connectivity index (χ4v) is 7.12. The topological polar surface area (TPSA) is 95.3 Å². The molecule has 0 saturated carbocycles. The standard InChI is InChI=1S/C28H35ClN4O4S2/c1-7-33-25(18(6)37-19-12-16(4)24(29)17(5)13-19)31-32-28(33)38-14-22(34)30-26-23(27(35)36-8-2)20-10-9-15(3)11-21(20)39-26/h12-13,15,18H,7-11,14H2,1-6H3,(H,30,34). The monoisotopic (exact) mass is 590 g/mol. The highest BCUT2D eigenvalue weighted by molar-refractivity contribution is 7.99. The molecule has 0 bridgehead atoms. The lowest BCUT2D eigenvalue weighted by Crippen LogP contribution is -2.18. The van der Waals surface area contributed by atoms with Gasteiger partial charge in [0.2, 0.25) is 5.91 Å². The minimum absolute atomic E-state index is 0.129. The largest absolute Gasteiger partial charge is 0.483 e. The third-order valence-electron chi connectivity index (χ3n) is 6.72. The molecule has 3 aromatic rings. The molecule has 2 atom stereocenters. The summed E-state index contributed by atoms with van der Waals surface area (Å²) in [7, 11) is 0. The molecular formula is C28H35ClN4O4S2. The van der Waals surface area contributed by atoms with Crippen LogP contribution in [0.25, 0.3) is 0 Å². The van der Waals surface area contributed by atoms with Crippen LogP contribution in [0, 0.1) is 19.8 Å². The van der Waals surface area contributed by atoms with Gasteiger partial charge in [-0.05, 0) is 88.6 Å². The van der Waals surface area contributed by atoms with Gasteiger partial charge in [-0.1, -0.05) is 30.3 Å². The Morgan fingerprint density at radius 1 is 1.26 bits per heavy atom. The number of esters is 1. The van der Waals surface area contributed by atoms with Crippen LogP contribution in [-0.2, 0) is 28.9 Å². The molecule has 39 heavy (non-hydrogen) atoms. The van der Waals surface area contributed by atoms with Crippen LogP contribution < -0.4 is 10.1 Å². The lowest BCUT2D eigenvalue weighted by Gasteiger charge is -2.18. The molecule has 2 aromatic heterocycles. The molecule has 1 amide bonds. The Morgan fingerprint density at radius 3 is 2.64 bits per heavy atom. The molecule has 1 N–H and O–H groups in total. The van der Waals surface area contributed by atoms with Crippen LogP contribution in [0.3, 0.4) is 0 Å². The predicted octanol–water partition coefficient (Wildman–Crippen LogP) is 6.80. The molecule has 0 saturated heterocycles. The number of carbonyl (C=O) groups excluding carboxylic acids is 2. The number of aromatic nitrogens is 3. The molecule has 1 aliphatic rings. The number of ether oxygens (including phenoxy) is 2. The van der Waals surface area contributed by atoms with Crippen LogP contribution in [-0.4, -0.2) is 39.0 Å². The van der Waals surface area contributed by atoms with Crippen molar-refractivity contribution in [2.45, 2.75) is 78.6 Å². The maximum Gasteiger partial charge on any atom is 0.341 e. The van der Waals surface area contributed by atoms with Gasteiger partial charge in [-0.15, -0.1) is 21.5 Å². The Bertz CT molecular complexity index is 1350. The number of benzene rings is 1. The number of rotatable bonds is 10. The van der Waals surface area contributed by atoms with Gasteiger partial charge in [0, 0.05) is 16.4 Å². The lowest BCUT2D eigenvalue weighted by atomic mass is 9.88. The van der Waals surface area contributed by atoms with Gasteiger partial charge < -0.3 is 19.4 Å². The number of aryl methyl sites for hydroxylation is 2. The smallest absolute Gasteiger partial charge is 0.341 e. The first-order valence-electron chi connectivity index (χ1n) is 13.2. The molecule has 2 heterocycles. The molecule has 0 aliphatic heterocycles. The minimum Gasteiger partial charge on any atom is -0.483 e. The number of halogens is 1. The van der Waals surface area contributed by atoms with Crippen molar-refractivity contribution in [3.05, 3.63) is 50.1 Å². The quantitative estimate of drug-likeness (QED) is 0.205. The predicted molar refractivity (Wildman–Crippen MR) is 156 cm³/mol. The van der Waals surface area contributed by atoms with E-state index in [0.29, 0.717) is 39.8 Å². The van der Waals surface area contributed by atoms with Crippen molar-refractivity contribution in [3.8, 4) is 5.75 Å². The Hall–Kier alpha value is -2.56. The Labute approximate surface area is 242 Å². The fraction of sp³-hybridized carbons (Fsp3) is 0.500. The number of carbonyl (C=O) groups is 2. The SMILES string of the molecule is CCOC(=O)c1c(NC(=O)CSc2nnc(C(C)Oc3cc(C)c(Cl)c(C)c3)n2CC)sc2c1CCC(C)C2. The van der Waals surface area contributed by atoms with E-state index < -0.39 is 0 Å². The van der Waals surface area contributed by atoms with E-state index in [9.17, 15) is 9.59 Å². The molecule has 2 unspecified atom stereocenters. The summed E-state index contributed by atoms with van der Waals surface area (Å²) in [4.78, 5) is 26.9. The molecule has 210 valence electrons. The first kappa shape index (κ1) is 29.4. The zero-order valence-electron chi connectivity index (χ0n) is 23.2. The van der Waals surface area contributed by atoms with E-state index >= 15 is 0 Å². The number of anilines is 1. The van der Waals surface area contributed by atoms with Crippen molar-refractivity contribution in [1.82, 2.24) is 14.8 Å². The third kappa shape index (κ3) is 6.61. The highest BCUT2D eigenvalue weighted by Gasteiger charge is 2.29. The van der Waals surface area contributed by atoms with Gasteiger partial charge in [0.25, 0.3) is 0 Å². The molecule has 0 fully saturated rings. The van der Waals surface area contributed by atoms with Gasteiger partial charge in [-0.25, -0.2) is 4.79 Å². The second-order valence-corrected chi connectivity index (χ2v) is 12.3. The van der Waals surface area contributed by atoms with E-state index in [1.807, 2.05) is 44.4 Å². The van der Waals surface area contributed by atoms with E-state index in [1.165, 1.54) is 23.1 Å². The Kier molecular flexibility index (Phi) is 9.61. The zero-order valence-corrected chi connectivity index (χ0v) is 25.6.